The molecule has 3 aliphatic rings. The minimum absolute atomic E-state index is 0.0169. The van der Waals surface area contributed by atoms with Gasteiger partial charge in [-0.3, -0.25) is 14.4 Å². The van der Waals surface area contributed by atoms with Gasteiger partial charge in [-0.1, -0.05) is 0 Å². The fraction of sp³-hybridized carbons (Fsp3) is 0.300. The summed E-state index contributed by atoms with van der Waals surface area (Å²) in [6, 6.07) is 2.71. The van der Waals surface area contributed by atoms with Gasteiger partial charge in [0.25, 0.3) is 5.91 Å². The first-order valence-electron chi connectivity index (χ1n) is 8.84. The molecule has 8 nitrogen and oxygen atoms in total. The first kappa shape index (κ1) is 18.0. The van der Waals surface area contributed by atoms with Crippen LogP contribution in [0.5, 0.6) is 5.75 Å². The molecule has 0 aromatic heterocycles. The maximum atomic E-state index is 13.1. The van der Waals surface area contributed by atoms with Gasteiger partial charge in [0, 0.05) is 17.6 Å². The molecule has 0 saturated heterocycles. The van der Waals surface area contributed by atoms with Gasteiger partial charge in [0.2, 0.25) is 0 Å². The first-order valence-corrected chi connectivity index (χ1v) is 8.84. The smallest absolute Gasteiger partial charge is 0.253 e. The number of phenols is 1. The molecule has 0 saturated carbocycles. The number of aromatic hydroxyl groups is 1. The molecule has 3 aliphatic carbocycles. The summed E-state index contributed by atoms with van der Waals surface area (Å²) in [7, 11) is 0. The van der Waals surface area contributed by atoms with Gasteiger partial charge in [-0.15, -0.1) is 0 Å². The zero-order chi connectivity index (χ0) is 20.3. The Kier molecular flexibility index (Phi) is 3.88. The number of nitrogens with two attached hydrogens (primary N) is 1. The van der Waals surface area contributed by atoms with E-state index >= 15 is 0 Å². The highest BCUT2D eigenvalue weighted by Crippen LogP contribution is 2.49. The van der Waals surface area contributed by atoms with Crippen LogP contribution in [-0.2, 0) is 11.2 Å². The number of fused-ring (bicyclic) bond motifs is 3. The summed E-state index contributed by atoms with van der Waals surface area (Å²) >= 11 is 0. The fourth-order valence-electron chi connectivity index (χ4n) is 4.83. The highest BCUT2D eigenvalue weighted by atomic mass is 16.3. The Morgan fingerprint density at radius 3 is 2.57 bits per heavy atom. The second-order valence-electron chi connectivity index (χ2n) is 7.45. The Labute approximate surface area is 159 Å². The van der Waals surface area contributed by atoms with E-state index in [0.29, 0.717) is 23.8 Å². The topological polar surface area (TPSA) is 162 Å². The lowest BCUT2D eigenvalue weighted by molar-refractivity contribution is -0.114. The quantitative estimate of drug-likeness (QED) is 0.489. The molecule has 0 spiro atoms. The Morgan fingerprint density at radius 2 is 1.93 bits per heavy atom. The van der Waals surface area contributed by atoms with Gasteiger partial charge < -0.3 is 26.5 Å². The standard InChI is InChI=1S/C20H18N2O6/c21-17-13-9(5-12(25)16(17)20(22)28)3-8-4-10-7(6-23)1-2-11(24)15(10)19(27)14(8)18(13)26/h1-2,6,8-9,13,21,24-26H,3-5H2,(H2,22,28). The predicted molar refractivity (Wildman–Crippen MR) is 97.5 cm³/mol. The lowest BCUT2D eigenvalue weighted by Gasteiger charge is -2.41. The van der Waals surface area contributed by atoms with Crippen molar-refractivity contribution in [3.63, 3.8) is 0 Å². The average Bonchev–Trinajstić information content (AvgIpc) is 2.60. The number of hydrogen-bond donors (Lipinski definition) is 5. The molecular weight excluding hydrogens is 364 g/mol. The molecule has 0 heterocycles. The number of phenolic OH excluding ortho intramolecular Hbond substituents is 1. The van der Waals surface area contributed by atoms with Gasteiger partial charge in [0.1, 0.15) is 23.6 Å². The van der Waals surface area contributed by atoms with Gasteiger partial charge in [-0.05, 0) is 42.4 Å². The van der Waals surface area contributed by atoms with E-state index in [9.17, 15) is 29.7 Å². The van der Waals surface area contributed by atoms with Gasteiger partial charge in [0.15, 0.2) is 5.78 Å². The number of aliphatic hydroxyl groups is 2. The number of Topliss-reactive ketones (excluding diaryl/α,β-unsaturated/α-hetero) is 1. The molecule has 0 radical (unpaired) electrons. The van der Waals surface area contributed by atoms with Gasteiger partial charge in [0.05, 0.1) is 22.8 Å². The Balaban J connectivity index is 1.87. The van der Waals surface area contributed by atoms with Gasteiger partial charge >= 0.3 is 0 Å². The first-order chi connectivity index (χ1) is 13.3. The molecule has 1 amide bonds. The van der Waals surface area contributed by atoms with E-state index in [4.69, 9.17) is 11.1 Å². The van der Waals surface area contributed by atoms with E-state index in [2.05, 4.69) is 0 Å². The summed E-state index contributed by atoms with van der Waals surface area (Å²) in [5, 5.41) is 39.5. The minimum Gasteiger partial charge on any atom is -0.511 e. The number of aliphatic hydroxyl groups excluding tert-OH is 2. The van der Waals surface area contributed by atoms with E-state index in [-0.39, 0.29) is 58.4 Å². The molecule has 144 valence electrons. The van der Waals surface area contributed by atoms with Crippen LogP contribution in [0.1, 0.15) is 39.1 Å². The molecular formula is C20H18N2O6. The molecule has 0 aliphatic heterocycles. The number of ketones is 1. The third kappa shape index (κ3) is 2.30. The average molecular weight is 382 g/mol. The van der Waals surface area contributed by atoms with Crippen LogP contribution in [0.15, 0.2) is 34.8 Å². The summed E-state index contributed by atoms with van der Waals surface area (Å²) in [4.78, 5) is 36.1. The summed E-state index contributed by atoms with van der Waals surface area (Å²) < 4.78 is 0. The van der Waals surface area contributed by atoms with Crippen LogP contribution in [0.25, 0.3) is 0 Å². The number of hydrogen-bond acceptors (Lipinski definition) is 7. The summed E-state index contributed by atoms with van der Waals surface area (Å²) in [5.41, 5.74) is 5.42. The number of amides is 1. The van der Waals surface area contributed by atoms with Crippen LogP contribution in [0.3, 0.4) is 0 Å². The number of primary amides is 1. The minimum atomic E-state index is -0.963. The van der Waals surface area contributed by atoms with E-state index < -0.39 is 23.5 Å². The van der Waals surface area contributed by atoms with E-state index in [1.54, 1.807) is 0 Å². The third-order valence-electron chi connectivity index (χ3n) is 5.98. The molecule has 6 N–H and O–H groups in total. The van der Waals surface area contributed by atoms with Crippen molar-refractivity contribution >= 4 is 23.7 Å². The van der Waals surface area contributed by atoms with Crippen molar-refractivity contribution in [2.45, 2.75) is 19.3 Å². The zero-order valence-electron chi connectivity index (χ0n) is 14.7. The van der Waals surface area contributed by atoms with Crippen LogP contribution in [0.2, 0.25) is 0 Å². The van der Waals surface area contributed by atoms with E-state index in [1.807, 2.05) is 0 Å². The molecule has 8 heteroatoms. The summed E-state index contributed by atoms with van der Waals surface area (Å²) in [5.74, 6) is -4.17. The normalized spacial score (nSPS) is 26.5. The van der Waals surface area contributed by atoms with Gasteiger partial charge in [-0.2, -0.15) is 0 Å². The van der Waals surface area contributed by atoms with Crippen LogP contribution < -0.4 is 5.73 Å². The highest BCUT2D eigenvalue weighted by Gasteiger charge is 2.48. The van der Waals surface area contributed by atoms with Crippen LogP contribution in [0.4, 0.5) is 0 Å². The lowest BCUT2D eigenvalue weighted by atomic mass is 9.62. The molecule has 0 bridgehead atoms. The maximum Gasteiger partial charge on any atom is 0.253 e. The number of benzene rings is 1. The van der Waals surface area contributed by atoms with E-state index in [1.165, 1.54) is 12.1 Å². The predicted octanol–water partition coefficient (Wildman–Crippen LogP) is 1.73. The summed E-state index contributed by atoms with van der Waals surface area (Å²) in [6.07, 6.45) is 1.32. The second kappa shape index (κ2) is 6.05. The Morgan fingerprint density at radius 1 is 1.21 bits per heavy atom. The van der Waals surface area contributed by atoms with Crippen LogP contribution in [-0.4, -0.2) is 39.0 Å². The molecule has 3 atom stereocenters. The highest BCUT2D eigenvalue weighted by molar-refractivity contribution is 6.23. The molecule has 0 fully saturated rings. The zero-order valence-corrected chi connectivity index (χ0v) is 14.7. The third-order valence-corrected chi connectivity index (χ3v) is 5.98. The molecule has 3 unspecified atom stereocenters. The number of aldehydes is 1. The van der Waals surface area contributed by atoms with Crippen molar-refractivity contribution in [1.82, 2.24) is 0 Å². The van der Waals surface area contributed by atoms with Gasteiger partial charge in [-0.25, -0.2) is 0 Å². The number of nitrogens with one attached hydrogen (secondary N) is 1. The second-order valence-corrected chi connectivity index (χ2v) is 7.45. The van der Waals surface area contributed by atoms with Crippen LogP contribution >= 0.6 is 0 Å². The monoisotopic (exact) mass is 382 g/mol. The molecule has 28 heavy (non-hydrogen) atoms. The summed E-state index contributed by atoms with van der Waals surface area (Å²) in [6.45, 7) is 0. The van der Waals surface area contributed by atoms with Crippen molar-refractivity contribution in [1.29, 1.82) is 5.41 Å². The Hall–Kier alpha value is -3.42. The van der Waals surface area contributed by atoms with Crippen molar-refractivity contribution in [2.24, 2.45) is 23.5 Å². The van der Waals surface area contributed by atoms with E-state index in [0.717, 1.165) is 0 Å². The molecule has 1 aromatic rings. The van der Waals surface area contributed by atoms with Crippen molar-refractivity contribution in [3.8, 4) is 5.75 Å². The number of allylic oxidation sites excluding steroid dienone is 3. The van der Waals surface area contributed by atoms with Crippen molar-refractivity contribution in [2.75, 3.05) is 0 Å². The van der Waals surface area contributed by atoms with Crippen molar-refractivity contribution < 1.29 is 29.7 Å². The number of carbonyl (C=O) groups excluding carboxylic acids is 3. The number of rotatable bonds is 2. The number of carbonyl (C=O) groups is 3. The Bertz CT molecular complexity index is 1040. The largest absolute Gasteiger partial charge is 0.511 e. The van der Waals surface area contributed by atoms with Crippen molar-refractivity contribution in [3.05, 3.63) is 51.5 Å². The van der Waals surface area contributed by atoms with Crippen LogP contribution in [0, 0.1) is 23.2 Å². The lowest BCUT2D eigenvalue weighted by Crippen LogP contribution is -2.43. The molecule has 1 aromatic carbocycles. The SMILES string of the molecule is N=C1C(C(N)=O)=C(O)CC2CC3Cc4c(C=O)ccc(O)c4C(=O)C3=C(O)C12. The molecule has 4 rings (SSSR count). The fourth-order valence-corrected chi connectivity index (χ4v) is 4.83. The maximum absolute atomic E-state index is 13.1.